The summed E-state index contributed by atoms with van der Waals surface area (Å²) in [5.74, 6) is 0.969. The number of anilines is 1. The van der Waals surface area contributed by atoms with Crippen molar-refractivity contribution >= 4 is 34.1 Å². The summed E-state index contributed by atoms with van der Waals surface area (Å²) in [6.45, 7) is 1.73. The smallest absolute Gasteiger partial charge is 0.258 e. The van der Waals surface area contributed by atoms with Gasteiger partial charge in [-0.15, -0.1) is 23.1 Å². The van der Waals surface area contributed by atoms with Gasteiger partial charge in [0.2, 0.25) is 5.89 Å². The fourth-order valence-electron chi connectivity index (χ4n) is 2.60. The van der Waals surface area contributed by atoms with Crippen molar-refractivity contribution in [3.05, 3.63) is 77.0 Å². The van der Waals surface area contributed by atoms with Crippen LogP contribution in [-0.4, -0.2) is 21.0 Å². The second-order valence-corrected chi connectivity index (χ2v) is 7.89. The van der Waals surface area contributed by atoms with Crippen LogP contribution in [0.15, 0.2) is 63.3 Å². The summed E-state index contributed by atoms with van der Waals surface area (Å²) >= 11 is 2.74. The zero-order chi connectivity index (χ0) is 20.2. The molecule has 146 valence electrons. The summed E-state index contributed by atoms with van der Waals surface area (Å²) in [6.07, 6.45) is 0. The van der Waals surface area contributed by atoms with E-state index in [1.54, 1.807) is 36.6 Å². The Kier molecular flexibility index (Phi) is 5.68. The molecule has 2 aromatic carbocycles. The van der Waals surface area contributed by atoms with Crippen LogP contribution in [0.3, 0.4) is 0 Å². The maximum absolute atomic E-state index is 13.4. The van der Waals surface area contributed by atoms with Crippen LogP contribution in [0, 0.1) is 12.7 Å². The van der Waals surface area contributed by atoms with Crippen LogP contribution < -0.4 is 5.32 Å². The highest BCUT2D eigenvalue weighted by molar-refractivity contribution is 7.98. The number of halogens is 1. The van der Waals surface area contributed by atoms with Crippen LogP contribution in [0.5, 0.6) is 0 Å². The van der Waals surface area contributed by atoms with Gasteiger partial charge >= 0.3 is 0 Å². The highest BCUT2D eigenvalue weighted by atomic mass is 32.2. The third kappa shape index (κ3) is 4.69. The molecule has 9 heteroatoms. The van der Waals surface area contributed by atoms with Gasteiger partial charge in [0, 0.05) is 22.8 Å². The van der Waals surface area contributed by atoms with E-state index < -0.39 is 0 Å². The molecule has 0 unspecified atom stereocenters. The summed E-state index contributed by atoms with van der Waals surface area (Å²) in [6, 6.07) is 13.5. The molecule has 4 aromatic rings. The number of hydrogen-bond acceptors (Lipinski definition) is 7. The number of carbonyl (C=O) groups excluding carboxylic acids is 1. The molecule has 0 aliphatic carbocycles. The van der Waals surface area contributed by atoms with Gasteiger partial charge in [0.25, 0.3) is 5.91 Å². The monoisotopic (exact) mass is 426 g/mol. The van der Waals surface area contributed by atoms with Gasteiger partial charge in [-0.05, 0) is 24.3 Å². The normalized spacial score (nSPS) is 10.8. The van der Waals surface area contributed by atoms with E-state index in [0.717, 1.165) is 4.90 Å². The lowest BCUT2D eigenvalue weighted by molar-refractivity contribution is 0.102. The first-order valence-corrected chi connectivity index (χ1v) is 10.5. The predicted octanol–water partition coefficient (Wildman–Crippen LogP) is 5.19. The van der Waals surface area contributed by atoms with Gasteiger partial charge < -0.3 is 4.52 Å². The number of aromatic nitrogens is 3. The summed E-state index contributed by atoms with van der Waals surface area (Å²) in [4.78, 5) is 22.1. The number of amides is 1. The average Bonchev–Trinajstić information content (AvgIpc) is 3.35. The number of thioether (sulfide) groups is 1. The molecule has 4 rings (SSSR count). The fourth-order valence-corrected chi connectivity index (χ4v) is 4.21. The molecule has 2 aromatic heterocycles. The largest absolute Gasteiger partial charge is 0.340 e. The number of aryl methyl sites for hydroxylation is 1. The van der Waals surface area contributed by atoms with Crippen molar-refractivity contribution in [3.8, 4) is 11.3 Å². The van der Waals surface area contributed by atoms with Crippen LogP contribution >= 0.6 is 23.1 Å². The Bertz CT molecular complexity index is 1160. The summed E-state index contributed by atoms with van der Waals surface area (Å²) < 4.78 is 18.4. The van der Waals surface area contributed by atoms with E-state index in [0.29, 0.717) is 39.4 Å². The van der Waals surface area contributed by atoms with Crippen molar-refractivity contribution in [2.45, 2.75) is 17.6 Å². The van der Waals surface area contributed by atoms with Gasteiger partial charge in [-0.3, -0.25) is 10.1 Å². The van der Waals surface area contributed by atoms with Crippen LogP contribution in [0.4, 0.5) is 9.52 Å². The number of nitrogens with one attached hydrogen (secondary N) is 1. The Hall–Kier alpha value is -3.04. The number of hydrogen-bond donors (Lipinski definition) is 1. The van der Waals surface area contributed by atoms with Gasteiger partial charge in [-0.2, -0.15) is 4.98 Å². The minimum absolute atomic E-state index is 0.266. The summed E-state index contributed by atoms with van der Waals surface area (Å²) in [7, 11) is 0. The standard InChI is InChI=1S/C20H15FN4O2S2/c1-12-22-18(25-27-12)11-28-17-8-3-2-7-15(17)19(26)24-20-23-16(10-29-20)13-5-4-6-14(21)9-13/h2-10H,11H2,1H3,(H,23,24,26). The lowest BCUT2D eigenvalue weighted by Crippen LogP contribution is -2.12. The molecule has 0 bridgehead atoms. The van der Waals surface area contributed by atoms with Gasteiger partial charge in [0.05, 0.1) is 17.0 Å². The lowest BCUT2D eigenvalue weighted by atomic mass is 10.2. The second-order valence-electron chi connectivity index (χ2n) is 6.02. The van der Waals surface area contributed by atoms with Gasteiger partial charge in [0.15, 0.2) is 11.0 Å². The van der Waals surface area contributed by atoms with E-state index in [9.17, 15) is 9.18 Å². The Balaban J connectivity index is 1.47. The van der Waals surface area contributed by atoms with E-state index in [2.05, 4.69) is 20.4 Å². The van der Waals surface area contributed by atoms with Crippen molar-refractivity contribution in [2.75, 3.05) is 5.32 Å². The van der Waals surface area contributed by atoms with Crippen molar-refractivity contribution in [1.82, 2.24) is 15.1 Å². The van der Waals surface area contributed by atoms with Crippen molar-refractivity contribution < 1.29 is 13.7 Å². The Morgan fingerprint density at radius 1 is 1.21 bits per heavy atom. The topological polar surface area (TPSA) is 80.9 Å². The maximum Gasteiger partial charge on any atom is 0.258 e. The minimum Gasteiger partial charge on any atom is -0.340 e. The fraction of sp³-hybridized carbons (Fsp3) is 0.100. The summed E-state index contributed by atoms with van der Waals surface area (Å²) in [5, 5.41) is 8.91. The molecule has 1 N–H and O–H groups in total. The maximum atomic E-state index is 13.4. The molecule has 6 nitrogen and oxygen atoms in total. The molecule has 0 saturated heterocycles. The van der Waals surface area contributed by atoms with E-state index in [-0.39, 0.29) is 11.7 Å². The van der Waals surface area contributed by atoms with Gasteiger partial charge in [0.1, 0.15) is 5.82 Å². The molecule has 1 amide bonds. The summed E-state index contributed by atoms with van der Waals surface area (Å²) in [5.41, 5.74) is 1.80. The number of rotatable bonds is 6. The van der Waals surface area contributed by atoms with Crippen molar-refractivity contribution in [2.24, 2.45) is 0 Å². The predicted molar refractivity (Wildman–Crippen MR) is 110 cm³/mol. The van der Waals surface area contributed by atoms with Crippen LogP contribution in [0.2, 0.25) is 0 Å². The molecule has 0 atom stereocenters. The molecule has 2 heterocycles. The highest BCUT2D eigenvalue weighted by Crippen LogP contribution is 2.28. The molecular weight excluding hydrogens is 411 g/mol. The molecule has 0 aliphatic rings. The molecule has 0 saturated carbocycles. The van der Waals surface area contributed by atoms with Crippen molar-refractivity contribution in [3.63, 3.8) is 0 Å². The van der Waals surface area contributed by atoms with Gasteiger partial charge in [-0.1, -0.05) is 29.4 Å². The second kappa shape index (κ2) is 8.54. The van der Waals surface area contributed by atoms with Crippen LogP contribution in [-0.2, 0) is 5.75 Å². The first-order valence-electron chi connectivity index (χ1n) is 8.62. The zero-order valence-corrected chi connectivity index (χ0v) is 16.9. The molecule has 0 spiro atoms. The number of thiazole rings is 1. The number of carbonyl (C=O) groups is 1. The Morgan fingerprint density at radius 2 is 2.07 bits per heavy atom. The molecular formula is C20H15FN4O2S2. The number of benzene rings is 2. The first-order chi connectivity index (χ1) is 14.1. The van der Waals surface area contributed by atoms with E-state index in [1.165, 1.54) is 35.2 Å². The third-order valence-electron chi connectivity index (χ3n) is 3.90. The van der Waals surface area contributed by atoms with Gasteiger partial charge in [-0.25, -0.2) is 9.37 Å². The van der Waals surface area contributed by atoms with Crippen LogP contribution in [0.1, 0.15) is 22.1 Å². The highest BCUT2D eigenvalue weighted by Gasteiger charge is 2.15. The van der Waals surface area contributed by atoms with E-state index >= 15 is 0 Å². The zero-order valence-electron chi connectivity index (χ0n) is 15.3. The molecule has 29 heavy (non-hydrogen) atoms. The Labute approximate surface area is 174 Å². The molecule has 0 radical (unpaired) electrons. The molecule has 0 fully saturated rings. The molecule has 0 aliphatic heterocycles. The average molecular weight is 426 g/mol. The quantitative estimate of drug-likeness (QED) is 0.428. The van der Waals surface area contributed by atoms with E-state index in [1.807, 2.05) is 12.1 Å². The number of nitrogens with zero attached hydrogens (tertiary/aromatic N) is 3. The Morgan fingerprint density at radius 3 is 2.86 bits per heavy atom. The lowest BCUT2D eigenvalue weighted by Gasteiger charge is -2.07. The minimum atomic E-state index is -0.330. The van der Waals surface area contributed by atoms with Crippen LogP contribution in [0.25, 0.3) is 11.3 Å². The van der Waals surface area contributed by atoms with Crippen molar-refractivity contribution in [1.29, 1.82) is 0 Å². The van der Waals surface area contributed by atoms with E-state index in [4.69, 9.17) is 4.52 Å². The SMILES string of the molecule is Cc1nc(CSc2ccccc2C(=O)Nc2nc(-c3cccc(F)c3)cs2)no1. The third-order valence-corrected chi connectivity index (χ3v) is 5.73. The first kappa shape index (κ1) is 19.3.